The number of rotatable bonds is 9. The van der Waals surface area contributed by atoms with Gasteiger partial charge in [-0.2, -0.15) is 0 Å². The van der Waals surface area contributed by atoms with Crippen molar-refractivity contribution in [1.82, 2.24) is 9.88 Å². The number of ether oxygens (including phenoxy) is 2. The molecule has 1 N–H and O–H groups in total. The molecule has 0 bridgehead atoms. The molecule has 1 aliphatic rings. The minimum Gasteiger partial charge on any atom is -0.482 e. The summed E-state index contributed by atoms with van der Waals surface area (Å²) in [6.07, 6.45) is 0.808. The van der Waals surface area contributed by atoms with Crippen LogP contribution < -0.4 is 4.74 Å². The van der Waals surface area contributed by atoms with Crippen LogP contribution >= 0.6 is 0 Å². The maximum Gasteiger partial charge on any atom is 0.341 e. The van der Waals surface area contributed by atoms with Gasteiger partial charge in [-0.15, -0.1) is 0 Å². The summed E-state index contributed by atoms with van der Waals surface area (Å²) >= 11 is 0. The molecular formula is C29H28N2NaO5. The van der Waals surface area contributed by atoms with Crippen LogP contribution in [0.1, 0.15) is 23.9 Å². The van der Waals surface area contributed by atoms with Crippen LogP contribution in [0.15, 0.2) is 89.3 Å². The fourth-order valence-corrected chi connectivity index (χ4v) is 4.63. The standard InChI is InChI=1S/C29H28N2O5.Na/c1-34-24-16-25(31(18-24)17-20-9-8-14-23(15-20)35-19-26(32)33)29-30-27(21-10-4-2-5-11-21)28(36-29)22-12-6-3-7-13-22;/h2-15,24-25H,16-19H2,1H3,(H,32,33);/t24-,25-;/m1./s1. The van der Waals surface area contributed by atoms with E-state index in [0.717, 1.165) is 41.1 Å². The SMILES string of the molecule is CO[C@@H]1C[C@H](c2nc(-c3ccccc3)c(-c3ccccc3)o2)N(Cc2cccc(OCC(=O)O)c2)C1.[Na]. The molecular weight excluding hydrogens is 479 g/mol. The molecule has 0 saturated carbocycles. The van der Waals surface area contributed by atoms with Crippen molar-refractivity contribution in [3.63, 3.8) is 0 Å². The molecule has 7 nitrogen and oxygen atoms in total. The number of carbonyl (C=O) groups is 1. The van der Waals surface area contributed by atoms with E-state index >= 15 is 0 Å². The molecule has 2 atom stereocenters. The Balaban J connectivity index is 0.00000320. The number of carboxylic acid groups (broad SMARTS) is 1. The van der Waals surface area contributed by atoms with Gasteiger partial charge in [0.15, 0.2) is 12.4 Å². The van der Waals surface area contributed by atoms with E-state index in [1.54, 1.807) is 13.2 Å². The summed E-state index contributed by atoms with van der Waals surface area (Å²) in [7, 11) is 1.73. The Bertz CT molecular complexity index is 1260. The molecule has 1 aliphatic heterocycles. The van der Waals surface area contributed by atoms with Crippen LogP contribution in [0.2, 0.25) is 0 Å². The summed E-state index contributed by atoms with van der Waals surface area (Å²) in [5, 5.41) is 8.92. The van der Waals surface area contributed by atoms with Crippen LogP contribution in [0.3, 0.4) is 0 Å². The molecule has 0 aliphatic carbocycles. The summed E-state index contributed by atoms with van der Waals surface area (Å²) < 4.78 is 17.6. The van der Waals surface area contributed by atoms with E-state index in [2.05, 4.69) is 4.90 Å². The van der Waals surface area contributed by atoms with Gasteiger partial charge in [-0.05, 0) is 24.1 Å². The first-order chi connectivity index (χ1) is 17.6. The van der Waals surface area contributed by atoms with E-state index in [1.807, 2.05) is 78.9 Å². The Kier molecular flexibility index (Phi) is 9.18. The molecule has 3 aromatic carbocycles. The average molecular weight is 508 g/mol. The second-order valence-corrected chi connectivity index (χ2v) is 8.83. The molecule has 8 heteroatoms. The zero-order valence-corrected chi connectivity index (χ0v) is 23.0. The Morgan fingerprint density at radius 3 is 2.41 bits per heavy atom. The van der Waals surface area contributed by atoms with Crippen molar-refractivity contribution in [2.75, 3.05) is 20.3 Å². The second-order valence-electron chi connectivity index (χ2n) is 8.83. The molecule has 37 heavy (non-hydrogen) atoms. The molecule has 2 heterocycles. The second kappa shape index (κ2) is 12.5. The molecule has 0 unspecified atom stereocenters. The van der Waals surface area contributed by atoms with E-state index < -0.39 is 5.97 Å². The van der Waals surface area contributed by atoms with Gasteiger partial charge in [0.1, 0.15) is 11.4 Å². The first-order valence-corrected chi connectivity index (χ1v) is 11.9. The topological polar surface area (TPSA) is 85.0 Å². The van der Waals surface area contributed by atoms with Gasteiger partial charge in [-0.3, -0.25) is 4.90 Å². The summed E-state index contributed by atoms with van der Waals surface area (Å²) in [5.41, 5.74) is 3.81. The molecule has 1 aromatic heterocycles. The number of aliphatic carboxylic acids is 1. The molecule has 4 aromatic rings. The fraction of sp³-hybridized carbons (Fsp3) is 0.241. The predicted molar refractivity (Wildman–Crippen MR) is 141 cm³/mol. The van der Waals surface area contributed by atoms with Crippen LogP contribution in [0.5, 0.6) is 5.75 Å². The van der Waals surface area contributed by atoms with Gasteiger partial charge in [0, 0.05) is 60.9 Å². The minimum atomic E-state index is -1.00. The Hall–Kier alpha value is -2.94. The van der Waals surface area contributed by atoms with Crippen molar-refractivity contribution in [2.24, 2.45) is 0 Å². The number of oxazole rings is 1. The first kappa shape index (κ1) is 27.1. The summed E-state index contributed by atoms with van der Waals surface area (Å²) in [5.74, 6) is 0.935. The van der Waals surface area contributed by atoms with Crippen LogP contribution in [0, 0.1) is 0 Å². The van der Waals surface area contributed by atoms with Gasteiger partial charge in [-0.1, -0.05) is 72.8 Å². The van der Waals surface area contributed by atoms with E-state index in [0.29, 0.717) is 18.2 Å². The zero-order valence-electron chi connectivity index (χ0n) is 21.0. The van der Waals surface area contributed by atoms with E-state index in [-0.39, 0.29) is 48.3 Å². The van der Waals surface area contributed by atoms with Crippen molar-refractivity contribution in [1.29, 1.82) is 0 Å². The van der Waals surface area contributed by atoms with Gasteiger partial charge >= 0.3 is 5.97 Å². The van der Waals surface area contributed by atoms with Crippen molar-refractivity contribution in [3.8, 4) is 28.3 Å². The van der Waals surface area contributed by atoms with Crippen molar-refractivity contribution >= 4 is 35.5 Å². The Labute approximate surface area is 238 Å². The number of hydrogen-bond donors (Lipinski definition) is 1. The Morgan fingerprint density at radius 2 is 1.73 bits per heavy atom. The van der Waals surface area contributed by atoms with E-state index in [4.69, 9.17) is 24.0 Å². The largest absolute Gasteiger partial charge is 0.482 e. The van der Waals surface area contributed by atoms with Gasteiger partial charge in [0.25, 0.3) is 0 Å². The number of nitrogens with zero attached hydrogens (tertiary/aromatic N) is 2. The number of hydrogen-bond acceptors (Lipinski definition) is 6. The number of carboxylic acids is 1. The first-order valence-electron chi connectivity index (χ1n) is 11.9. The summed E-state index contributed by atoms with van der Waals surface area (Å²) in [6.45, 7) is 0.978. The van der Waals surface area contributed by atoms with Gasteiger partial charge < -0.3 is 19.0 Å². The third-order valence-corrected chi connectivity index (χ3v) is 6.36. The molecule has 1 radical (unpaired) electrons. The fourth-order valence-electron chi connectivity index (χ4n) is 4.63. The normalized spacial score (nSPS) is 17.3. The summed E-state index contributed by atoms with van der Waals surface area (Å²) in [6, 6.07) is 27.6. The van der Waals surface area contributed by atoms with Crippen LogP contribution in [0.25, 0.3) is 22.6 Å². The number of methoxy groups -OCH3 is 1. The van der Waals surface area contributed by atoms with Crippen LogP contribution in [0.4, 0.5) is 0 Å². The molecule has 5 rings (SSSR count). The number of likely N-dealkylation sites (tertiary alicyclic amines) is 1. The monoisotopic (exact) mass is 507 g/mol. The molecule has 1 fully saturated rings. The minimum absolute atomic E-state index is 0. The predicted octanol–water partition coefficient (Wildman–Crippen LogP) is 5.05. The van der Waals surface area contributed by atoms with Crippen molar-refractivity contribution < 1.29 is 23.8 Å². The van der Waals surface area contributed by atoms with Crippen molar-refractivity contribution in [2.45, 2.75) is 25.1 Å². The molecule has 0 spiro atoms. The average Bonchev–Trinajstić information content (AvgIpc) is 3.53. The molecule has 1 saturated heterocycles. The van der Waals surface area contributed by atoms with Gasteiger partial charge in [0.05, 0.1) is 12.1 Å². The maximum atomic E-state index is 10.9. The van der Waals surface area contributed by atoms with Crippen molar-refractivity contribution in [3.05, 3.63) is 96.4 Å². The third-order valence-electron chi connectivity index (χ3n) is 6.36. The summed E-state index contributed by atoms with van der Waals surface area (Å²) in [4.78, 5) is 18.2. The zero-order chi connectivity index (χ0) is 24.9. The Morgan fingerprint density at radius 1 is 1.03 bits per heavy atom. The number of aromatic nitrogens is 1. The number of benzene rings is 3. The van der Waals surface area contributed by atoms with E-state index in [1.165, 1.54) is 0 Å². The van der Waals surface area contributed by atoms with Gasteiger partial charge in [0.2, 0.25) is 5.89 Å². The van der Waals surface area contributed by atoms with E-state index in [9.17, 15) is 4.79 Å². The van der Waals surface area contributed by atoms with Crippen LogP contribution in [-0.4, -0.2) is 76.9 Å². The maximum absolute atomic E-state index is 10.9. The third kappa shape index (κ3) is 6.50. The van der Waals surface area contributed by atoms with Crippen LogP contribution in [-0.2, 0) is 16.1 Å². The molecule has 0 amide bonds. The smallest absolute Gasteiger partial charge is 0.341 e. The quantitative estimate of drug-likeness (QED) is 0.317. The molecule has 185 valence electrons. The van der Waals surface area contributed by atoms with Gasteiger partial charge in [-0.25, -0.2) is 9.78 Å².